The molecule has 3 rings (SSSR count). The van der Waals surface area contributed by atoms with Gasteiger partial charge in [0.15, 0.2) is 5.69 Å². The lowest BCUT2D eigenvalue weighted by Crippen LogP contribution is -2.48. The first-order chi connectivity index (χ1) is 13.2. The van der Waals surface area contributed by atoms with Crippen LogP contribution in [-0.2, 0) is 22.5 Å². The summed E-state index contributed by atoms with van der Waals surface area (Å²) < 4.78 is 6.82. The number of esters is 1. The number of piperidine rings is 1. The summed E-state index contributed by atoms with van der Waals surface area (Å²) in [6.07, 6.45) is 5.96. The summed E-state index contributed by atoms with van der Waals surface area (Å²) in [5.41, 5.74) is 1.56. The van der Waals surface area contributed by atoms with Crippen LogP contribution in [0.4, 0.5) is 0 Å². The Morgan fingerprint density at radius 2 is 2.04 bits per heavy atom. The molecule has 1 aromatic carbocycles. The van der Waals surface area contributed by atoms with Gasteiger partial charge < -0.3 is 9.64 Å². The number of likely N-dealkylation sites (tertiary alicyclic amines) is 1. The van der Waals surface area contributed by atoms with Gasteiger partial charge >= 0.3 is 5.97 Å². The van der Waals surface area contributed by atoms with E-state index in [2.05, 4.69) is 22.4 Å². The second-order valence-corrected chi connectivity index (χ2v) is 6.72. The minimum atomic E-state index is -0.519. The zero-order valence-electron chi connectivity index (χ0n) is 15.7. The number of aryl methyl sites for hydroxylation is 2. The van der Waals surface area contributed by atoms with Crippen LogP contribution in [0.3, 0.4) is 0 Å². The molecule has 1 aliphatic heterocycles. The number of hydrogen-bond donors (Lipinski definition) is 0. The molecule has 2 heterocycles. The van der Waals surface area contributed by atoms with Crippen LogP contribution >= 0.6 is 0 Å². The number of aromatic nitrogens is 3. The van der Waals surface area contributed by atoms with Gasteiger partial charge in [-0.3, -0.25) is 9.48 Å². The zero-order valence-corrected chi connectivity index (χ0v) is 15.7. The SMILES string of the molecule is CCOC(=O)C1CCCCN1C(=O)c1cn(CCCc2ccccc2)nn1. The summed E-state index contributed by atoms with van der Waals surface area (Å²) >= 11 is 0. The van der Waals surface area contributed by atoms with Crippen LogP contribution in [0, 0.1) is 0 Å². The second kappa shape index (κ2) is 9.30. The molecule has 1 aliphatic rings. The van der Waals surface area contributed by atoms with Crippen molar-refractivity contribution in [2.45, 2.75) is 51.6 Å². The maximum Gasteiger partial charge on any atom is 0.328 e. The molecular formula is C20H26N4O3. The van der Waals surface area contributed by atoms with E-state index in [4.69, 9.17) is 4.74 Å². The molecule has 7 nitrogen and oxygen atoms in total. The smallest absolute Gasteiger partial charge is 0.328 e. The molecule has 27 heavy (non-hydrogen) atoms. The van der Waals surface area contributed by atoms with Crippen molar-refractivity contribution in [2.75, 3.05) is 13.2 Å². The quantitative estimate of drug-likeness (QED) is 0.700. The van der Waals surface area contributed by atoms with Crippen molar-refractivity contribution < 1.29 is 14.3 Å². The molecule has 0 radical (unpaired) electrons. The summed E-state index contributed by atoms with van der Waals surface area (Å²) in [4.78, 5) is 26.6. The van der Waals surface area contributed by atoms with Gasteiger partial charge in [-0.1, -0.05) is 35.5 Å². The van der Waals surface area contributed by atoms with Gasteiger partial charge in [0, 0.05) is 13.1 Å². The van der Waals surface area contributed by atoms with E-state index in [1.807, 2.05) is 18.2 Å². The largest absolute Gasteiger partial charge is 0.464 e. The fourth-order valence-corrected chi connectivity index (χ4v) is 3.40. The van der Waals surface area contributed by atoms with E-state index in [0.717, 1.165) is 25.7 Å². The maximum atomic E-state index is 12.8. The first kappa shape index (κ1) is 19.1. The molecule has 1 unspecified atom stereocenters. The van der Waals surface area contributed by atoms with Crippen molar-refractivity contribution in [1.29, 1.82) is 0 Å². The van der Waals surface area contributed by atoms with Crippen molar-refractivity contribution in [3.8, 4) is 0 Å². The highest BCUT2D eigenvalue weighted by Crippen LogP contribution is 2.20. The van der Waals surface area contributed by atoms with Crippen molar-refractivity contribution in [3.05, 3.63) is 47.8 Å². The number of ether oxygens (including phenoxy) is 1. The number of amides is 1. The van der Waals surface area contributed by atoms with Crippen molar-refractivity contribution >= 4 is 11.9 Å². The fourth-order valence-electron chi connectivity index (χ4n) is 3.40. The van der Waals surface area contributed by atoms with E-state index in [1.54, 1.807) is 22.7 Å². The molecule has 0 N–H and O–H groups in total. The third-order valence-electron chi connectivity index (χ3n) is 4.78. The average molecular weight is 370 g/mol. The molecule has 2 aromatic rings. The lowest BCUT2D eigenvalue weighted by Gasteiger charge is -2.33. The van der Waals surface area contributed by atoms with Gasteiger partial charge in [-0.2, -0.15) is 0 Å². The lowest BCUT2D eigenvalue weighted by molar-refractivity contribution is -0.149. The Morgan fingerprint density at radius 1 is 1.22 bits per heavy atom. The Balaban J connectivity index is 1.59. The number of nitrogens with zero attached hydrogens (tertiary/aromatic N) is 4. The van der Waals surface area contributed by atoms with Crippen molar-refractivity contribution in [2.24, 2.45) is 0 Å². The fraction of sp³-hybridized carbons (Fsp3) is 0.500. The molecule has 0 aliphatic carbocycles. The molecular weight excluding hydrogens is 344 g/mol. The van der Waals surface area contributed by atoms with Crippen LogP contribution in [-0.4, -0.2) is 51.0 Å². The first-order valence-corrected chi connectivity index (χ1v) is 9.60. The third-order valence-corrected chi connectivity index (χ3v) is 4.78. The Morgan fingerprint density at radius 3 is 2.81 bits per heavy atom. The predicted octanol–water partition coefficient (Wildman–Crippen LogP) is 2.47. The molecule has 7 heteroatoms. The van der Waals surface area contributed by atoms with Crippen LogP contribution in [0.25, 0.3) is 0 Å². The zero-order chi connectivity index (χ0) is 19.1. The molecule has 0 bridgehead atoms. The van der Waals surface area contributed by atoms with Gasteiger partial charge in [-0.15, -0.1) is 5.10 Å². The molecule has 144 valence electrons. The number of carbonyl (C=O) groups excluding carboxylic acids is 2. The standard InChI is InChI=1S/C20H26N4O3/c1-2-27-20(26)18-12-6-7-14-24(18)19(25)17-15-23(22-21-17)13-8-11-16-9-4-3-5-10-16/h3-5,9-10,15,18H,2,6-8,11-14H2,1H3. The van der Waals surface area contributed by atoms with Crippen LogP contribution in [0.15, 0.2) is 36.5 Å². The predicted molar refractivity (Wildman–Crippen MR) is 100 cm³/mol. The highest BCUT2D eigenvalue weighted by molar-refractivity contribution is 5.95. The maximum absolute atomic E-state index is 12.8. The summed E-state index contributed by atoms with van der Waals surface area (Å²) in [5.74, 6) is -0.581. The van der Waals surface area contributed by atoms with E-state index in [9.17, 15) is 9.59 Å². The normalized spacial score (nSPS) is 16.9. The lowest BCUT2D eigenvalue weighted by atomic mass is 10.0. The van der Waals surface area contributed by atoms with Gasteiger partial charge in [-0.25, -0.2) is 4.79 Å². The minimum Gasteiger partial charge on any atom is -0.464 e. The van der Waals surface area contributed by atoms with Crippen LogP contribution in [0.1, 0.15) is 48.7 Å². The first-order valence-electron chi connectivity index (χ1n) is 9.60. The summed E-state index contributed by atoms with van der Waals surface area (Å²) in [5, 5.41) is 8.10. The molecule has 1 aromatic heterocycles. The molecule has 1 amide bonds. The second-order valence-electron chi connectivity index (χ2n) is 6.72. The number of hydrogen-bond acceptors (Lipinski definition) is 5. The van der Waals surface area contributed by atoms with Crippen LogP contribution in [0.2, 0.25) is 0 Å². The summed E-state index contributed by atoms with van der Waals surface area (Å²) in [6, 6.07) is 9.74. The Labute approximate surface area is 159 Å². The van der Waals surface area contributed by atoms with E-state index in [0.29, 0.717) is 26.1 Å². The van der Waals surface area contributed by atoms with Crippen molar-refractivity contribution in [3.63, 3.8) is 0 Å². The highest BCUT2D eigenvalue weighted by Gasteiger charge is 2.34. The number of carbonyl (C=O) groups is 2. The van der Waals surface area contributed by atoms with Gasteiger partial charge in [-0.05, 0) is 44.6 Å². The summed E-state index contributed by atoms with van der Waals surface area (Å²) in [7, 11) is 0. The molecule has 0 spiro atoms. The van der Waals surface area contributed by atoms with E-state index >= 15 is 0 Å². The van der Waals surface area contributed by atoms with Gasteiger partial charge in [0.25, 0.3) is 5.91 Å². The molecule has 1 atom stereocenters. The highest BCUT2D eigenvalue weighted by atomic mass is 16.5. The summed E-state index contributed by atoms with van der Waals surface area (Å²) in [6.45, 7) is 3.32. The van der Waals surface area contributed by atoms with E-state index in [1.165, 1.54) is 5.56 Å². The van der Waals surface area contributed by atoms with Crippen LogP contribution < -0.4 is 0 Å². The monoisotopic (exact) mass is 370 g/mol. The van der Waals surface area contributed by atoms with E-state index in [-0.39, 0.29) is 17.6 Å². The van der Waals surface area contributed by atoms with E-state index < -0.39 is 6.04 Å². The Kier molecular flexibility index (Phi) is 6.57. The molecule has 0 saturated carbocycles. The molecule has 1 fully saturated rings. The Bertz CT molecular complexity index is 760. The Hall–Kier alpha value is -2.70. The average Bonchev–Trinajstić information content (AvgIpc) is 3.17. The van der Waals surface area contributed by atoms with Crippen LogP contribution in [0.5, 0.6) is 0 Å². The molecule has 1 saturated heterocycles. The minimum absolute atomic E-state index is 0.248. The number of rotatable bonds is 7. The third kappa shape index (κ3) is 4.93. The van der Waals surface area contributed by atoms with Crippen molar-refractivity contribution in [1.82, 2.24) is 19.9 Å². The number of benzene rings is 1. The van der Waals surface area contributed by atoms with Gasteiger partial charge in [0.2, 0.25) is 0 Å². The van der Waals surface area contributed by atoms with Gasteiger partial charge in [0.05, 0.1) is 12.8 Å². The van der Waals surface area contributed by atoms with Gasteiger partial charge in [0.1, 0.15) is 6.04 Å². The topological polar surface area (TPSA) is 77.3 Å².